The van der Waals surface area contributed by atoms with Gasteiger partial charge in [0.15, 0.2) is 11.6 Å². The van der Waals surface area contributed by atoms with Gasteiger partial charge in [-0.2, -0.15) is 5.26 Å². The van der Waals surface area contributed by atoms with Crippen LogP contribution in [0.15, 0.2) is 23.3 Å². The highest BCUT2D eigenvalue weighted by Gasteiger charge is 2.66. The van der Waals surface area contributed by atoms with Crippen LogP contribution >= 0.6 is 0 Å². The van der Waals surface area contributed by atoms with E-state index in [-0.39, 0.29) is 34.4 Å². The minimum absolute atomic E-state index is 0.0182. The van der Waals surface area contributed by atoms with Crippen LogP contribution in [-0.2, 0) is 9.59 Å². The average molecular weight is 434 g/mol. The minimum atomic E-state index is -0.391. The summed E-state index contributed by atoms with van der Waals surface area (Å²) in [6.45, 7) is 13.8. The van der Waals surface area contributed by atoms with Gasteiger partial charge >= 0.3 is 0 Å². The summed E-state index contributed by atoms with van der Waals surface area (Å²) < 4.78 is 0. The zero-order valence-electron chi connectivity index (χ0n) is 20.8. The highest BCUT2D eigenvalue weighted by molar-refractivity contribution is 6.02. The number of nitriles is 1. The molecule has 172 valence electrons. The molecule has 0 aromatic rings. The van der Waals surface area contributed by atoms with Gasteiger partial charge in [-0.1, -0.05) is 53.2 Å². The zero-order valence-corrected chi connectivity index (χ0v) is 20.8. The van der Waals surface area contributed by atoms with E-state index in [9.17, 15) is 14.9 Å². The maximum atomic E-state index is 14.0. The molecule has 5 aliphatic carbocycles. The molecule has 0 unspecified atom stereocenters. The topological polar surface area (TPSA) is 57.9 Å². The first-order valence-electron chi connectivity index (χ1n) is 12.8. The molecule has 0 spiro atoms. The lowest BCUT2D eigenvalue weighted by Crippen LogP contribution is -2.62. The van der Waals surface area contributed by atoms with E-state index in [1.165, 1.54) is 24.8 Å². The summed E-state index contributed by atoms with van der Waals surface area (Å²) in [5.41, 5.74) is 1.31. The van der Waals surface area contributed by atoms with Gasteiger partial charge in [0, 0.05) is 17.3 Å². The van der Waals surface area contributed by atoms with Crippen molar-refractivity contribution in [3.63, 3.8) is 0 Å². The molecule has 0 bridgehead atoms. The SMILES string of the molecule is C[C@@H]1C(=O)C(C#N)=C[C@]2(C)C3=CC(=O)[C@@H]4[C@@H]5CC(C)(C)CC[C@@H]5CC[C@@]4(C)[C@]3(C)CC[C@@H]12. The van der Waals surface area contributed by atoms with Crippen LogP contribution in [0.1, 0.15) is 86.5 Å². The quantitative estimate of drug-likeness (QED) is 0.441. The van der Waals surface area contributed by atoms with Crippen LogP contribution in [0.5, 0.6) is 0 Å². The standard InChI is InChI=1S/C29H39NO2/c1-17-21-9-12-28(5)23(27(21,4)14-19(16-30)25(17)32)13-22(31)24-20-15-26(2,3)10-7-18(20)8-11-29(24,28)6/h13-14,17-18,20-21,24H,7-12,15H2,1-6H3/t17-,18+,20+,21-,24-,27-,28+,29+/m0/s1. The normalized spacial score (nSPS) is 49.5. The molecule has 0 radical (unpaired) electrons. The number of Topliss-reactive ketones (excluding diaryl/α,β-unsaturated/α-hetero) is 1. The molecule has 32 heavy (non-hydrogen) atoms. The number of allylic oxidation sites excluding steroid dienone is 4. The first-order chi connectivity index (χ1) is 14.9. The maximum absolute atomic E-state index is 14.0. The summed E-state index contributed by atoms with van der Waals surface area (Å²) in [4.78, 5) is 26.8. The molecule has 0 saturated heterocycles. The van der Waals surface area contributed by atoms with E-state index in [0.29, 0.717) is 28.6 Å². The van der Waals surface area contributed by atoms with Crippen LogP contribution in [-0.4, -0.2) is 11.6 Å². The molecule has 0 aromatic heterocycles. The second kappa shape index (κ2) is 6.68. The molecule has 0 amide bonds. The predicted octanol–water partition coefficient (Wildman–Crippen LogP) is 6.45. The van der Waals surface area contributed by atoms with Crippen molar-refractivity contribution >= 4 is 11.6 Å². The second-order valence-corrected chi connectivity index (χ2v) is 13.3. The van der Waals surface area contributed by atoms with Gasteiger partial charge in [0.1, 0.15) is 6.07 Å². The lowest BCUT2D eigenvalue weighted by Gasteiger charge is -2.66. The fourth-order valence-corrected chi connectivity index (χ4v) is 9.36. The number of rotatable bonds is 0. The van der Waals surface area contributed by atoms with Gasteiger partial charge in [0.25, 0.3) is 0 Å². The molecule has 8 atom stereocenters. The van der Waals surface area contributed by atoms with Crippen LogP contribution in [0.2, 0.25) is 0 Å². The van der Waals surface area contributed by atoms with Crippen LogP contribution in [0.4, 0.5) is 0 Å². The van der Waals surface area contributed by atoms with E-state index in [2.05, 4.69) is 40.7 Å². The Morgan fingerprint density at radius 2 is 1.69 bits per heavy atom. The van der Waals surface area contributed by atoms with Crippen LogP contribution in [0.3, 0.4) is 0 Å². The summed E-state index contributed by atoms with van der Waals surface area (Å²) in [6, 6.07) is 2.17. The Kier molecular flexibility index (Phi) is 4.62. The summed E-state index contributed by atoms with van der Waals surface area (Å²) in [6.07, 6.45) is 12.0. The Morgan fingerprint density at radius 1 is 1.00 bits per heavy atom. The summed E-state index contributed by atoms with van der Waals surface area (Å²) in [5.74, 6) is 1.60. The Labute approximate surface area is 193 Å². The molecule has 3 fully saturated rings. The minimum Gasteiger partial charge on any atom is -0.295 e. The molecular formula is C29H39NO2. The van der Waals surface area contributed by atoms with Gasteiger partial charge < -0.3 is 0 Å². The van der Waals surface area contributed by atoms with Crippen LogP contribution in [0, 0.1) is 62.6 Å². The van der Waals surface area contributed by atoms with Crippen molar-refractivity contribution in [1.29, 1.82) is 5.26 Å². The van der Waals surface area contributed by atoms with Gasteiger partial charge in [-0.3, -0.25) is 9.59 Å². The van der Waals surface area contributed by atoms with Crippen molar-refractivity contribution < 1.29 is 9.59 Å². The highest BCUT2D eigenvalue weighted by atomic mass is 16.1. The van der Waals surface area contributed by atoms with Gasteiger partial charge in [-0.15, -0.1) is 0 Å². The molecule has 3 nitrogen and oxygen atoms in total. The Balaban J connectivity index is 1.66. The lowest BCUT2D eigenvalue weighted by molar-refractivity contribution is -0.153. The Bertz CT molecular complexity index is 995. The van der Waals surface area contributed by atoms with E-state index in [1.807, 2.05) is 19.1 Å². The number of carbonyl (C=O) groups is 2. The molecule has 0 aromatic carbocycles. The fourth-order valence-electron chi connectivity index (χ4n) is 9.36. The first-order valence-corrected chi connectivity index (χ1v) is 12.8. The summed E-state index contributed by atoms with van der Waals surface area (Å²) in [5, 5.41) is 9.69. The number of hydrogen-bond acceptors (Lipinski definition) is 3. The third-order valence-electron chi connectivity index (χ3n) is 11.3. The number of carbonyl (C=O) groups excluding carboxylic acids is 2. The van der Waals surface area contributed by atoms with Crippen molar-refractivity contribution in [3.05, 3.63) is 23.3 Å². The molecule has 0 heterocycles. The monoisotopic (exact) mass is 433 g/mol. The van der Waals surface area contributed by atoms with Crippen LogP contribution < -0.4 is 0 Å². The second-order valence-electron chi connectivity index (χ2n) is 13.3. The third-order valence-corrected chi connectivity index (χ3v) is 11.3. The van der Waals surface area contributed by atoms with Crippen molar-refractivity contribution in [2.75, 3.05) is 0 Å². The molecule has 0 aliphatic heterocycles. The number of nitrogens with zero attached hydrogens (tertiary/aromatic N) is 1. The molecule has 0 N–H and O–H groups in total. The van der Waals surface area contributed by atoms with Crippen LogP contribution in [0.25, 0.3) is 0 Å². The smallest absolute Gasteiger partial charge is 0.176 e. The fraction of sp³-hybridized carbons (Fsp3) is 0.759. The van der Waals surface area contributed by atoms with E-state index in [4.69, 9.17) is 0 Å². The molecule has 3 heteroatoms. The lowest BCUT2D eigenvalue weighted by atomic mass is 9.36. The zero-order chi connectivity index (χ0) is 23.3. The highest BCUT2D eigenvalue weighted by Crippen LogP contribution is 2.72. The van der Waals surface area contributed by atoms with E-state index in [1.54, 1.807) is 0 Å². The largest absolute Gasteiger partial charge is 0.295 e. The number of fused-ring (bicyclic) bond motifs is 7. The van der Waals surface area contributed by atoms with Crippen molar-refractivity contribution in [1.82, 2.24) is 0 Å². The average Bonchev–Trinajstić information content (AvgIpc) is 2.72. The van der Waals surface area contributed by atoms with Gasteiger partial charge in [0.05, 0.1) is 5.57 Å². The summed E-state index contributed by atoms with van der Waals surface area (Å²) >= 11 is 0. The number of hydrogen-bond donors (Lipinski definition) is 0. The third kappa shape index (κ3) is 2.65. The Morgan fingerprint density at radius 3 is 2.38 bits per heavy atom. The first kappa shape index (κ1) is 22.1. The predicted molar refractivity (Wildman–Crippen MR) is 125 cm³/mol. The van der Waals surface area contributed by atoms with E-state index in [0.717, 1.165) is 25.7 Å². The van der Waals surface area contributed by atoms with E-state index < -0.39 is 5.41 Å². The van der Waals surface area contributed by atoms with E-state index >= 15 is 0 Å². The summed E-state index contributed by atoms with van der Waals surface area (Å²) in [7, 11) is 0. The van der Waals surface area contributed by atoms with Gasteiger partial charge in [0.2, 0.25) is 0 Å². The maximum Gasteiger partial charge on any atom is 0.176 e. The van der Waals surface area contributed by atoms with Crippen molar-refractivity contribution in [2.24, 2.45) is 51.2 Å². The van der Waals surface area contributed by atoms with Crippen molar-refractivity contribution in [3.8, 4) is 6.07 Å². The Hall–Kier alpha value is -1.69. The van der Waals surface area contributed by atoms with Crippen molar-refractivity contribution in [2.45, 2.75) is 86.5 Å². The molecular weight excluding hydrogens is 394 g/mol. The van der Waals surface area contributed by atoms with Gasteiger partial charge in [-0.05, 0) is 85.0 Å². The molecule has 5 rings (SSSR count). The molecule has 5 aliphatic rings. The van der Waals surface area contributed by atoms with Gasteiger partial charge in [-0.25, -0.2) is 0 Å². The molecule has 3 saturated carbocycles. The number of ketones is 2.